The van der Waals surface area contributed by atoms with Crippen molar-refractivity contribution in [1.82, 2.24) is 10.6 Å². The zero-order chi connectivity index (χ0) is 34.0. The number of carbonyl (C=O) groups excluding carboxylic acids is 1. The Labute approximate surface area is 260 Å². The standard InChI is InChI=1S/C15H31N3O6.C5H10O4.C4H7NO2.2C2H6/c1-17-8-4-9(16)15(11(21)5-8)24-13-6-10(20)14(22)12(23-13)7-18-2-3-19;6-3-1-4(7)5(8)9-2-3;5-3-1-4(3,7)2-6;2*1-2/h8-15,17-22H,2-7,16H2,1H3;3-8H,1-2H2;2-3,7H,1,5H2;2*1-2H3/t8?,9?,10?,11?,12?,13-,14+,15-;;;;/m1..../s1. The molecule has 4 rings (SSSR count). The van der Waals surface area contributed by atoms with Crippen LogP contribution < -0.4 is 22.1 Å². The molecular formula is C28H60N4O12. The zero-order valence-electron chi connectivity index (χ0n) is 26.7. The normalized spacial score (nSPS) is 41.1. The van der Waals surface area contributed by atoms with Gasteiger partial charge in [0.05, 0.1) is 31.5 Å². The van der Waals surface area contributed by atoms with E-state index in [4.69, 9.17) is 46.5 Å². The van der Waals surface area contributed by atoms with Crippen molar-refractivity contribution in [2.75, 3.05) is 33.4 Å². The molecule has 13 atom stereocenters. The average molecular weight is 645 g/mol. The van der Waals surface area contributed by atoms with E-state index in [1.165, 1.54) is 0 Å². The highest BCUT2D eigenvalue weighted by Crippen LogP contribution is 2.30. The van der Waals surface area contributed by atoms with E-state index in [-0.39, 0.29) is 50.7 Å². The maximum Gasteiger partial charge on any atom is 0.181 e. The Bertz CT molecular complexity index is 735. The largest absolute Gasteiger partial charge is 0.395 e. The Morgan fingerprint density at radius 3 is 2.00 bits per heavy atom. The summed E-state index contributed by atoms with van der Waals surface area (Å²) < 4.78 is 16.1. The second kappa shape index (κ2) is 22.6. The van der Waals surface area contributed by atoms with Gasteiger partial charge in [0.25, 0.3) is 0 Å². The maximum atomic E-state index is 10.3. The highest BCUT2D eigenvalue weighted by Gasteiger charge is 2.50. The van der Waals surface area contributed by atoms with Gasteiger partial charge in [-0.05, 0) is 19.9 Å². The molecule has 0 aromatic heterocycles. The molecule has 0 aromatic rings. The van der Waals surface area contributed by atoms with Crippen molar-refractivity contribution in [3.05, 3.63) is 0 Å². The molecule has 44 heavy (non-hydrogen) atoms. The van der Waals surface area contributed by atoms with Gasteiger partial charge >= 0.3 is 0 Å². The minimum atomic E-state index is -1.15. The summed E-state index contributed by atoms with van der Waals surface area (Å²) in [6.07, 6.45) is -4.96. The maximum absolute atomic E-state index is 10.3. The summed E-state index contributed by atoms with van der Waals surface area (Å²) in [6.45, 7) is 8.73. The van der Waals surface area contributed by atoms with Crippen molar-refractivity contribution in [1.29, 1.82) is 0 Å². The molecule has 0 amide bonds. The summed E-state index contributed by atoms with van der Waals surface area (Å²) >= 11 is 0. The summed E-state index contributed by atoms with van der Waals surface area (Å²) in [4.78, 5) is 9.77. The van der Waals surface area contributed by atoms with Crippen molar-refractivity contribution in [3.8, 4) is 0 Å². The van der Waals surface area contributed by atoms with Crippen LogP contribution in [0.15, 0.2) is 0 Å². The molecule has 2 saturated carbocycles. The molecule has 0 spiro atoms. The van der Waals surface area contributed by atoms with Crippen LogP contribution in [-0.4, -0.2) is 160 Å². The van der Waals surface area contributed by atoms with E-state index in [1.54, 1.807) is 0 Å². The number of aliphatic hydroxyl groups excluding tert-OH is 7. The molecule has 264 valence electrons. The monoisotopic (exact) mass is 644 g/mol. The Morgan fingerprint density at radius 1 is 0.955 bits per heavy atom. The lowest BCUT2D eigenvalue weighted by Crippen LogP contribution is -2.58. The van der Waals surface area contributed by atoms with E-state index in [2.05, 4.69) is 15.4 Å². The average Bonchev–Trinajstić information content (AvgIpc) is 3.63. The first-order valence-corrected chi connectivity index (χ1v) is 15.5. The Hall–Kier alpha value is -0.930. The van der Waals surface area contributed by atoms with Gasteiger partial charge in [-0.1, -0.05) is 27.7 Å². The van der Waals surface area contributed by atoms with Gasteiger partial charge < -0.3 is 82.0 Å². The summed E-state index contributed by atoms with van der Waals surface area (Å²) in [5.74, 6) is 0. The minimum Gasteiger partial charge on any atom is -0.395 e. The fourth-order valence-corrected chi connectivity index (χ4v) is 4.58. The Kier molecular flexibility index (Phi) is 22.1. The Morgan fingerprint density at radius 2 is 1.57 bits per heavy atom. The lowest BCUT2D eigenvalue weighted by Gasteiger charge is -2.42. The highest BCUT2D eigenvalue weighted by atomic mass is 16.7. The van der Waals surface area contributed by atoms with E-state index in [9.17, 15) is 20.1 Å². The van der Waals surface area contributed by atoms with Crippen molar-refractivity contribution in [2.24, 2.45) is 11.5 Å². The van der Waals surface area contributed by atoms with Gasteiger partial charge in [0.2, 0.25) is 0 Å². The number of ether oxygens (including phenoxy) is 3. The van der Waals surface area contributed by atoms with Crippen molar-refractivity contribution in [3.63, 3.8) is 0 Å². The molecule has 2 heterocycles. The number of hydrogen-bond donors (Lipinski definition) is 12. The van der Waals surface area contributed by atoms with Gasteiger partial charge in [0, 0.05) is 50.5 Å². The molecule has 0 radical (unpaired) electrons. The number of nitrogens with two attached hydrogens (primary N) is 2. The van der Waals surface area contributed by atoms with E-state index in [0.717, 1.165) is 0 Å². The minimum absolute atomic E-state index is 0.0267. The van der Waals surface area contributed by atoms with Crippen molar-refractivity contribution >= 4 is 6.29 Å². The SMILES string of the molecule is CC.CC.CNC1CC(N)[C@@H](O[C@@H]2CC(O)[C@H](O)C(CNCCO)O2)C(O)C1.NC1CC1(O)C=O.OC1COC(O)C(O)C1. The lowest BCUT2D eigenvalue weighted by atomic mass is 9.86. The molecule has 2 aliphatic carbocycles. The smallest absolute Gasteiger partial charge is 0.181 e. The molecule has 4 aliphatic rings. The number of rotatable bonds is 8. The topological polar surface area (TPSA) is 283 Å². The van der Waals surface area contributed by atoms with E-state index < -0.39 is 60.9 Å². The molecule has 16 heteroatoms. The molecule has 0 bridgehead atoms. The van der Waals surface area contributed by atoms with Gasteiger partial charge in [0.1, 0.15) is 30.0 Å². The van der Waals surface area contributed by atoms with Crippen LogP contribution in [-0.2, 0) is 19.0 Å². The third-order valence-corrected chi connectivity index (χ3v) is 7.31. The van der Waals surface area contributed by atoms with E-state index in [0.29, 0.717) is 32.1 Å². The molecule has 2 saturated heterocycles. The number of carbonyl (C=O) groups is 1. The molecular weight excluding hydrogens is 584 g/mol. The first-order valence-electron chi connectivity index (χ1n) is 15.5. The molecule has 4 fully saturated rings. The van der Waals surface area contributed by atoms with Crippen LogP contribution in [0.4, 0.5) is 0 Å². The number of nitrogens with one attached hydrogen (secondary N) is 2. The van der Waals surface area contributed by atoms with Gasteiger partial charge in [-0.25, -0.2) is 0 Å². The van der Waals surface area contributed by atoms with Gasteiger partial charge in [-0.3, -0.25) is 0 Å². The second-order valence-electron chi connectivity index (χ2n) is 10.7. The Balaban J connectivity index is 0.000000750. The molecule has 16 nitrogen and oxygen atoms in total. The summed E-state index contributed by atoms with van der Waals surface area (Å²) in [6, 6.07) is -0.500. The van der Waals surface area contributed by atoms with Crippen LogP contribution in [0, 0.1) is 0 Å². The number of hydrogen-bond acceptors (Lipinski definition) is 16. The second-order valence-corrected chi connectivity index (χ2v) is 10.7. The molecule has 2 aliphatic heterocycles. The number of aliphatic hydroxyl groups is 8. The van der Waals surface area contributed by atoms with E-state index in [1.807, 2.05) is 34.7 Å². The van der Waals surface area contributed by atoms with Gasteiger partial charge in [-0.2, -0.15) is 0 Å². The lowest BCUT2D eigenvalue weighted by molar-refractivity contribution is -0.276. The van der Waals surface area contributed by atoms with Crippen molar-refractivity contribution in [2.45, 2.75) is 139 Å². The molecule has 0 aromatic carbocycles. The predicted molar refractivity (Wildman–Crippen MR) is 161 cm³/mol. The van der Waals surface area contributed by atoms with Gasteiger partial charge in [0.15, 0.2) is 18.9 Å². The fourth-order valence-electron chi connectivity index (χ4n) is 4.58. The third kappa shape index (κ3) is 14.7. The predicted octanol–water partition coefficient (Wildman–Crippen LogP) is -3.99. The van der Waals surface area contributed by atoms with Crippen molar-refractivity contribution < 1.29 is 59.9 Å². The third-order valence-electron chi connectivity index (χ3n) is 7.31. The van der Waals surface area contributed by atoms with Crippen LogP contribution in [0.5, 0.6) is 0 Å². The van der Waals surface area contributed by atoms with Gasteiger partial charge in [-0.15, -0.1) is 0 Å². The van der Waals surface area contributed by atoms with Crippen LogP contribution >= 0.6 is 0 Å². The molecule has 14 N–H and O–H groups in total. The van der Waals surface area contributed by atoms with Crippen LogP contribution in [0.25, 0.3) is 0 Å². The van der Waals surface area contributed by atoms with Crippen LogP contribution in [0.3, 0.4) is 0 Å². The zero-order valence-corrected chi connectivity index (χ0v) is 26.7. The summed E-state index contributed by atoms with van der Waals surface area (Å²) in [5.41, 5.74) is 10.1. The molecule has 10 unspecified atom stereocenters. The first kappa shape index (κ1) is 43.1. The quantitative estimate of drug-likeness (QED) is 0.0886. The fraction of sp³-hybridized carbons (Fsp3) is 0.964. The van der Waals surface area contributed by atoms with Crippen LogP contribution in [0.1, 0.15) is 59.8 Å². The highest BCUT2D eigenvalue weighted by molar-refractivity contribution is 5.69. The summed E-state index contributed by atoms with van der Waals surface area (Å²) in [7, 11) is 1.83. The first-order chi connectivity index (χ1) is 20.8. The number of aldehydes is 1. The van der Waals surface area contributed by atoms with Crippen LogP contribution in [0.2, 0.25) is 0 Å². The van der Waals surface area contributed by atoms with E-state index >= 15 is 0 Å². The summed E-state index contributed by atoms with van der Waals surface area (Å²) in [5, 5.41) is 80.2.